The molecule has 0 spiro atoms. The fraction of sp³-hybridized carbons (Fsp3) is 0.250. The van der Waals surface area contributed by atoms with Crippen LogP contribution in [0.3, 0.4) is 0 Å². The van der Waals surface area contributed by atoms with Gasteiger partial charge in [-0.25, -0.2) is 4.79 Å². The second-order valence-electron chi connectivity index (χ2n) is 3.55. The molecular formula is C12H13NO4. The molecule has 90 valence electrons. The fourth-order valence-electron chi connectivity index (χ4n) is 1.36. The molecule has 1 aromatic carbocycles. The van der Waals surface area contributed by atoms with E-state index in [2.05, 4.69) is 4.74 Å². The van der Waals surface area contributed by atoms with Crippen molar-refractivity contribution in [2.24, 2.45) is 0 Å². The van der Waals surface area contributed by atoms with Crippen LogP contribution < -0.4 is 0 Å². The van der Waals surface area contributed by atoms with E-state index in [-0.39, 0.29) is 5.69 Å². The lowest BCUT2D eigenvalue weighted by molar-refractivity contribution is -0.384. The molecule has 1 aromatic rings. The van der Waals surface area contributed by atoms with E-state index in [1.807, 2.05) is 0 Å². The van der Waals surface area contributed by atoms with Crippen molar-refractivity contribution in [3.05, 3.63) is 45.5 Å². The van der Waals surface area contributed by atoms with Crippen LogP contribution in [-0.4, -0.2) is 18.0 Å². The van der Waals surface area contributed by atoms with Gasteiger partial charge in [-0.05, 0) is 37.1 Å². The van der Waals surface area contributed by atoms with Gasteiger partial charge < -0.3 is 4.74 Å². The summed E-state index contributed by atoms with van der Waals surface area (Å²) in [5.74, 6) is -0.402. The Bertz CT molecular complexity index is 474. The zero-order valence-electron chi connectivity index (χ0n) is 9.89. The number of carbonyl (C=O) groups excluding carboxylic acids is 1. The van der Waals surface area contributed by atoms with Crippen LogP contribution in [0.4, 0.5) is 5.69 Å². The number of benzene rings is 1. The van der Waals surface area contributed by atoms with Gasteiger partial charge in [0.1, 0.15) is 0 Å². The van der Waals surface area contributed by atoms with Crippen molar-refractivity contribution >= 4 is 17.2 Å². The van der Waals surface area contributed by atoms with Gasteiger partial charge in [0, 0.05) is 17.7 Å². The Labute approximate surface area is 98.9 Å². The highest BCUT2D eigenvalue weighted by atomic mass is 16.6. The minimum absolute atomic E-state index is 0.0253. The van der Waals surface area contributed by atoms with Gasteiger partial charge in [0.2, 0.25) is 0 Å². The third-order valence-electron chi connectivity index (χ3n) is 2.57. The van der Waals surface area contributed by atoms with Crippen LogP contribution in [0.25, 0.3) is 5.57 Å². The third-order valence-corrected chi connectivity index (χ3v) is 2.57. The number of hydrogen-bond acceptors (Lipinski definition) is 4. The minimum Gasteiger partial charge on any atom is -0.466 e. The predicted octanol–water partition coefficient (Wildman–Crippen LogP) is 2.56. The molecule has 17 heavy (non-hydrogen) atoms. The van der Waals surface area contributed by atoms with Crippen LogP contribution in [0.15, 0.2) is 29.8 Å². The largest absolute Gasteiger partial charge is 0.466 e. The molecule has 0 aliphatic rings. The summed E-state index contributed by atoms with van der Waals surface area (Å²) in [6.45, 7) is 3.43. The summed E-state index contributed by atoms with van der Waals surface area (Å²) in [6.07, 6.45) is 0. The maximum absolute atomic E-state index is 11.3. The lowest BCUT2D eigenvalue weighted by Gasteiger charge is -2.06. The highest BCUT2D eigenvalue weighted by Gasteiger charge is 2.10. The number of hydrogen-bond donors (Lipinski definition) is 0. The Hall–Kier alpha value is -2.17. The van der Waals surface area contributed by atoms with E-state index < -0.39 is 10.9 Å². The zero-order chi connectivity index (χ0) is 13.0. The van der Waals surface area contributed by atoms with Gasteiger partial charge in [-0.1, -0.05) is 0 Å². The standard InChI is InChI=1S/C12H13NO4/c1-8(9(2)12(14)17-3)10-4-6-11(7-5-10)13(15)16/h4-7H,1-3H3/b9-8-. The van der Waals surface area contributed by atoms with Crippen molar-refractivity contribution in [3.8, 4) is 0 Å². The van der Waals surface area contributed by atoms with Gasteiger partial charge in [-0.15, -0.1) is 0 Å². The molecular weight excluding hydrogens is 222 g/mol. The molecule has 5 heteroatoms. The van der Waals surface area contributed by atoms with Gasteiger partial charge in [-0.3, -0.25) is 10.1 Å². The minimum atomic E-state index is -0.462. The van der Waals surface area contributed by atoms with E-state index in [9.17, 15) is 14.9 Å². The zero-order valence-corrected chi connectivity index (χ0v) is 9.89. The number of esters is 1. The molecule has 0 atom stereocenters. The first-order valence-corrected chi connectivity index (χ1v) is 4.98. The number of methoxy groups -OCH3 is 1. The molecule has 0 radical (unpaired) electrons. The maximum Gasteiger partial charge on any atom is 0.333 e. The molecule has 0 bridgehead atoms. The van der Waals surface area contributed by atoms with Crippen LogP contribution in [0, 0.1) is 10.1 Å². The van der Waals surface area contributed by atoms with E-state index in [1.165, 1.54) is 19.2 Å². The molecule has 1 rings (SSSR count). The molecule has 0 aliphatic carbocycles. The summed E-state index contributed by atoms with van der Waals surface area (Å²) >= 11 is 0. The van der Waals surface area contributed by atoms with E-state index in [1.54, 1.807) is 26.0 Å². The molecule has 0 amide bonds. The third kappa shape index (κ3) is 2.90. The van der Waals surface area contributed by atoms with Crippen molar-refractivity contribution in [1.29, 1.82) is 0 Å². The van der Waals surface area contributed by atoms with Crippen LogP contribution in [0.5, 0.6) is 0 Å². The molecule has 5 nitrogen and oxygen atoms in total. The molecule has 0 N–H and O–H groups in total. The summed E-state index contributed by atoms with van der Waals surface area (Å²) in [7, 11) is 1.31. The highest BCUT2D eigenvalue weighted by Crippen LogP contribution is 2.21. The molecule has 0 fully saturated rings. The summed E-state index contributed by atoms with van der Waals surface area (Å²) < 4.78 is 4.61. The van der Waals surface area contributed by atoms with E-state index in [4.69, 9.17) is 0 Å². The molecule has 0 saturated heterocycles. The first kappa shape index (κ1) is 12.9. The second kappa shape index (κ2) is 5.25. The highest BCUT2D eigenvalue weighted by molar-refractivity contribution is 5.96. The lowest BCUT2D eigenvalue weighted by atomic mass is 10.0. The van der Waals surface area contributed by atoms with Crippen LogP contribution in [0.1, 0.15) is 19.4 Å². The van der Waals surface area contributed by atoms with Crippen LogP contribution in [0.2, 0.25) is 0 Å². The van der Waals surface area contributed by atoms with Gasteiger partial charge in [-0.2, -0.15) is 0 Å². The average molecular weight is 235 g/mol. The van der Waals surface area contributed by atoms with E-state index in [0.717, 1.165) is 11.1 Å². The number of carbonyl (C=O) groups is 1. The van der Waals surface area contributed by atoms with Crippen LogP contribution in [-0.2, 0) is 9.53 Å². The van der Waals surface area contributed by atoms with E-state index in [0.29, 0.717) is 5.57 Å². The first-order valence-electron chi connectivity index (χ1n) is 4.98. The van der Waals surface area contributed by atoms with Crippen LogP contribution >= 0.6 is 0 Å². The molecule has 0 unspecified atom stereocenters. The summed E-state index contributed by atoms with van der Waals surface area (Å²) in [5.41, 5.74) is 2.02. The van der Waals surface area contributed by atoms with Gasteiger partial charge in [0.25, 0.3) is 5.69 Å². The molecule has 0 saturated carbocycles. The summed E-state index contributed by atoms with van der Waals surface area (Å²) in [6, 6.07) is 6.03. The number of nitro groups is 1. The number of nitrogens with zero attached hydrogens (tertiary/aromatic N) is 1. The maximum atomic E-state index is 11.3. The first-order chi connectivity index (χ1) is 7.97. The topological polar surface area (TPSA) is 69.4 Å². The van der Waals surface area contributed by atoms with Crippen molar-refractivity contribution in [2.75, 3.05) is 7.11 Å². The number of nitro benzene ring substituents is 1. The van der Waals surface area contributed by atoms with Crippen molar-refractivity contribution in [3.63, 3.8) is 0 Å². The predicted molar refractivity (Wildman–Crippen MR) is 63.4 cm³/mol. The second-order valence-corrected chi connectivity index (χ2v) is 3.55. The quantitative estimate of drug-likeness (QED) is 0.349. The molecule has 0 aliphatic heterocycles. The fourth-order valence-corrected chi connectivity index (χ4v) is 1.36. The average Bonchev–Trinajstić information content (AvgIpc) is 2.36. The van der Waals surface area contributed by atoms with Crippen molar-refractivity contribution in [2.45, 2.75) is 13.8 Å². The molecule has 0 aromatic heterocycles. The number of rotatable bonds is 3. The smallest absolute Gasteiger partial charge is 0.333 e. The Morgan fingerprint density at radius 3 is 2.18 bits per heavy atom. The Morgan fingerprint density at radius 2 is 1.76 bits per heavy atom. The van der Waals surface area contributed by atoms with Gasteiger partial charge in [0.05, 0.1) is 12.0 Å². The van der Waals surface area contributed by atoms with E-state index >= 15 is 0 Å². The van der Waals surface area contributed by atoms with Crippen molar-refractivity contribution in [1.82, 2.24) is 0 Å². The summed E-state index contributed by atoms with van der Waals surface area (Å²) in [5, 5.41) is 10.5. The summed E-state index contributed by atoms with van der Waals surface area (Å²) in [4.78, 5) is 21.3. The lowest BCUT2D eigenvalue weighted by Crippen LogP contribution is -2.03. The Morgan fingerprint density at radius 1 is 1.24 bits per heavy atom. The van der Waals surface area contributed by atoms with Crippen molar-refractivity contribution < 1.29 is 14.5 Å². The SMILES string of the molecule is COC(=O)/C(C)=C(/C)c1ccc([N+](=O)[O-])cc1. The number of allylic oxidation sites excluding steroid dienone is 1. The number of ether oxygens (including phenoxy) is 1. The van der Waals surface area contributed by atoms with Gasteiger partial charge in [0.15, 0.2) is 0 Å². The Kier molecular flexibility index (Phi) is 3.98. The Balaban J connectivity index is 3.09. The van der Waals surface area contributed by atoms with Gasteiger partial charge >= 0.3 is 5.97 Å². The monoisotopic (exact) mass is 235 g/mol. The number of non-ortho nitro benzene ring substituents is 1. The normalized spacial score (nSPS) is 11.7. The molecule has 0 heterocycles.